The summed E-state index contributed by atoms with van der Waals surface area (Å²) in [5.74, 6) is 0. The molecule has 30 heavy (non-hydrogen) atoms. The Labute approximate surface area is 216 Å². The number of hydrogen-bond acceptors (Lipinski definition) is 2. The molecular weight excluding hydrogens is 734 g/mol. The van der Waals surface area contributed by atoms with Crippen LogP contribution in [0.25, 0.3) is 43.9 Å². The molecule has 0 bridgehead atoms. The molecule has 148 valence electrons. The van der Waals surface area contributed by atoms with E-state index in [2.05, 4.69) is 101 Å². The monoisotopic (exact) mass is 744 g/mol. The van der Waals surface area contributed by atoms with Gasteiger partial charge in [-0.25, -0.2) is 0 Å². The van der Waals surface area contributed by atoms with Gasteiger partial charge >= 0.3 is 0 Å². The van der Waals surface area contributed by atoms with Crippen molar-refractivity contribution in [3.63, 3.8) is 0 Å². The van der Waals surface area contributed by atoms with Crippen molar-refractivity contribution in [3.05, 3.63) is 88.9 Å². The third kappa shape index (κ3) is 3.59. The summed E-state index contributed by atoms with van der Waals surface area (Å²) in [5, 5.41) is 4.75. The van der Waals surface area contributed by atoms with Crippen LogP contribution in [0.1, 0.15) is 0 Å². The number of fused-ring (bicyclic) bond motifs is 6. The summed E-state index contributed by atoms with van der Waals surface area (Å²) < 4.78 is 16.1. The average Bonchev–Trinajstić information content (AvgIpc) is 3.34. The Balaban J connectivity index is 0.000000128. The van der Waals surface area contributed by atoms with Crippen molar-refractivity contribution in [1.82, 2.24) is 0 Å². The predicted molar refractivity (Wildman–Crippen MR) is 148 cm³/mol. The Morgan fingerprint density at radius 2 is 0.933 bits per heavy atom. The minimum Gasteiger partial charge on any atom is -0.455 e. The maximum atomic E-state index is 5.81. The molecule has 2 aromatic heterocycles. The molecule has 0 unspecified atom stereocenters. The maximum Gasteiger partial charge on any atom is 0.150 e. The van der Waals surface area contributed by atoms with Crippen LogP contribution >= 0.6 is 77.0 Å². The Morgan fingerprint density at radius 1 is 0.533 bits per heavy atom. The van der Waals surface area contributed by atoms with Gasteiger partial charge in [0.25, 0.3) is 0 Å². The first-order valence-corrected chi connectivity index (χ1v) is 12.8. The molecule has 6 aromatic rings. The number of rotatable bonds is 0. The lowest BCUT2D eigenvalue weighted by atomic mass is 10.2. The van der Waals surface area contributed by atoms with Crippen LogP contribution in [0.3, 0.4) is 0 Å². The Hall–Kier alpha value is -1.10. The zero-order valence-corrected chi connectivity index (χ0v) is 22.7. The minimum atomic E-state index is 0.933. The highest BCUT2D eigenvalue weighted by Crippen LogP contribution is 2.37. The van der Waals surface area contributed by atoms with E-state index in [0.717, 1.165) is 31.3 Å². The molecule has 0 atom stereocenters. The summed E-state index contributed by atoms with van der Waals surface area (Å²) in [6, 6.07) is 24.5. The summed E-state index contributed by atoms with van der Waals surface area (Å²) in [6.07, 6.45) is 0. The van der Waals surface area contributed by atoms with Crippen LogP contribution in [0.2, 0.25) is 0 Å². The van der Waals surface area contributed by atoms with Crippen molar-refractivity contribution in [1.29, 1.82) is 0 Å². The molecule has 0 aliphatic carbocycles. The van der Waals surface area contributed by atoms with Crippen molar-refractivity contribution in [2.75, 3.05) is 0 Å². The summed E-state index contributed by atoms with van der Waals surface area (Å²) >= 11 is 11.7. The molecule has 6 rings (SSSR count). The standard InChI is InChI=1S/2C12H6BrIO/c2*13-8-5-6-9(14)11-7-3-1-2-4-10(7)15-12(8)11/h2*1-6H. The quantitative estimate of drug-likeness (QED) is 0.145. The molecule has 0 saturated heterocycles. The summed E-state index contributed by atoms with van der Waals surface area (Å²) in [4.78, 5) is 0. The minimum absolute atomic E-state index is 0.933. The van der Waals surface area contributed by atoms with Gasteiger partial charge in [-0.1, -0.05) is 36.4 Å². The fourth-order valence-corrected chi connectivity index (χ4v) is 5.77. The number of para-hydroxylation sites is 2. The van der Waals surface area contributed by atoms with Crippen LogP contribution in [0.5, 0.6) is 0 Å². The lowest BCUT2D eigenvalue weighted by Gasteiger charge is -1.95. The van der Waals surface area contributed by atoms with Gasteiger partial charge in [-0.05, 0) is 113 Å². The van der Waals surface area contributed by atoms with Crippen molar-refractivity contribution >= 4 is 121 Å². The molecule has 0 spiro atoms. The van der Waals surface area contributed by atoms with Crippen LogP contribution < -0.4 is 0 Å². The van der Waals surface area contributed by atoms with E-state index in [1.165, 1.54) is 28.7 Å². The summed E-state index contributed by atoms with van der Waals surface area (Å²) in [5.41, 5.74) is 3.75. The van der Waals surface area contributed by atoms with Crippen LogP contribution in [-0.2, 0) is 0 Å². The first-order valence-electron chi connectivity index (χ1n) is 9.05. The molecule has 0 N–H and O–H groups in total. The largest absolute Gasteiger partial charge is 0.455 e. The molecular formula is C24H12Br2I2O2. The SMILES string of the molecule is Brc1ccc(I)c2c1oc1ccccc12.Brc1ccc(I)c2c1oc1ccccc12. The van der Waals surface area contributed by atoms with E-state index in [1.54, 1.807) is 0 Å². The van der Waals surface area contributed by atoms with Gasteiger partial charge in [-0.3, -0.25) is 0 Å². The molecule has 2 heterocycles. The molecule has 0 saturated carbocycles. The van der Waals surface area contributed by atoms with Gasteiger partial charge in [0, 0.05) is 28.7 Å². The second kappa shape index (κ2) is 8.44. The van der Waals surface area contributed by atoms with Crippen LogP contribution in [0, 0.1) is 7.14 Å². The van der Waals surface area contributed by atoms with E-state index in [-0.39, 0.29) is 0 Å². The highest BCUT2D eigenvalue weighted by molar-refractivity contribution is 14.1. The molecule has 0 aliphatic heterocycles. The highest BCUT2D eigenvalue weighted by atomic mass is 127. The van der Waals surface area contributed by atoms with Gasteiger partial charge in [0.15, 0.2) is 11.2 Å². The second-order valence-electron chi connectivity index (χ2n) is 6.66. The third-order valence-corrected chi connectivity index (χ3v) is 7.90. The zero-order valence-electron chi connectivity index (χ0n) is 15.3. The fraction of sp³-hybridized carbons (Fsp3) is 0. The number of halogens is 4. The van der Waals surface area contributed by atoms with Crippen LogP contribution in [-0.4, -0.2) is 0 Å². The lowest BCUT2D eigenvalue weighted by Crippen LogP contribution is -1.74. The van der Waals surface area contributed by atoms with Gasteiger partial charge in [0.1, 0.15) is 11.2 Å². The Kier molecular flexibility index (Phi) is 5.85. The summed E-state index contributed by atoms with van der Waals surface area (Å²) in [6.45, 7) is 0. The van der Waals surface area contributed by atoms with Crippen LogP contribution in [0.15, 0.2) is 90.6 Å². The van der Waals surface area contributed by atoms with Crippen molar-refractivity contribution in [2.45, 2.75) is 0 Å². The third-order valence-electron chi connectivity index (χ3n) is 4.85. The van der Waals surface area contributed by atoms with Crippen molar-refractivity contribution in [2.24, 2.45) is 0 Å². The average molecular weight is 746 g/mol. The van der Waals surface area contributed by atoms with E-state index in [1.807, 2.05) is 48.5 Å². The molecule has 0 radical (unpaired) electrons. The van der Waals surface area contributed by atoms with Gasteiger partial charge in [-0.2, -0.15) is 0 Å². The normalized spacial score (nSPS) is 11.3. The zero-order chi connectivity index (χ0) is 20.8. The number of hydrogen-bond donors (Lipinski definition) is 0. The van der Waals surface area contributed by atoms with Gasteiger partial charge < -0.3 is 8.83 Å². The second-order valence-corrected chi connectivity index (χ2v) is 10.7. The molecule has 0 fully saturated rings. The van der Waals surface area contributed by atoms with Gasteiger partial charge in [-0.15, -0.1) is 0 Å². The van der Waals surface area contributed by atoms with E-state index in [4.69, 9.17) is 8.83 Å². The maximum absolute atomic E-state index is 5.81. The van der Waals surface area contributed by atoms with Gasteiger partial charge in [0.2, 0.25) is 0 Å². The van der Waals surface area contributed by atoms with Crippen molar-refractivity contribution < 1.29 is 8.83 Å². The van der Waals surface area contributed by atoms with Crippen molar-refractivity contribution in [3.8, 4) is 0 Å². The highest BCUT2D eigenvalue weighted by Gasteiger charge is 2.12. The smallest absolute Gasteiger partial charge is 0.150 e. The summed E-state index contributed by atoms with van der Waals surface area (Å²) in [7, 11) is 0. The first kappa shape index (κ1) is 20.8. The number of furan rings is 2. The fourth-order valence-electron chi connectivity index (χ4n) is 3.51. The molecule has 2 nitrogen and oxygen atoms in total. The first-order chi connectivity index (χ1) is 14.5. The van der Waals surface area contributed by atoms with E-state index in [9.17, 15) is 0 Å². The van der Waals surface area contributed by atoms with E-state index >= 15 is 0 Å². The van der Waals surface area contributed by atoms with E-state index < -0.39 is 0 Å². The molecule has 4 aromatic carbocycles. The van der Waals surface area contributed by atoms with E-state index in [0.29, 0.717) is 0 Å². The topological polar surface area (TPSA) is 26.3 Å². The predicted octanol–water partition coefficient (Wildman–Crippen LogP) is 9.91. The molecule has 0 aliphatic rings. The number of benzene rings is 4. The lowest BCUT2D eigenvalue weighted by molar-refractivity contribution is 0.666. The molecule has 6 heteroatoms. The molecule has 0 amide bonds. The van der Waals surface area contributed by atoms with Gasteiger partial charge in [0.05, 0.1) is 8.95 Å². The Bertz CT molecular complexity index is 1430. The van der Waals surface area contributed by atoms with Crippen LogP contribution in [0.4, 0.5) is 0 Å². The Morgan fingerprint density at radius 3 is 1.37 bits per heavy atom.